The Morgan fingerprint density at radius 1 is 1.55 bits per heavy atom. The number of rotatable bonds is 4. The molecule has 0 aliphatic rings. The molecule has 6 N–H and O–H groups in total. The SMILES string of the molecule is Cc1[nH]c2ccc(N)c([N+](=O)[O-])c2c1CC(N)C(=O)O. The summed E-state index contributed by atoms with van der Waals surface area (Å²) in [6.07, 6.45) is -0.00847. The number of benzene rings is 1. The molecule has 0 amide bonds. The minimum Gasteiger partial charge on any atom is -0.480 e. The number of nitro benzene ring substituents is 1. The summed E-state index contributed by atoms with van der Waals surface area (Å²) in [4.78, 5) is 24.5. The van der Waals surface area contributed by atoms with E-state index in [1.807, 2.05) is 0 Å². The van der Waals surface area contributed by atoms with E-state index in [1.54, 1.807) is 13.0 Å². The van der Waals surface area contributed by atoms with Gasteiger partial charge in [0.2, 0.25) is 0 Å². The summed E-state index contributed by atoms with van der Waals surface area (Å²) in [5, 5.41) is 20.4. The number of anilines is 1. The van der Waals surface area contributed by atoms with Crippen molar-refractivity contribution < 1.29 is 14.8 Å². The predicted molar refractivity (Wildman–Crippen MR) is 73.4 cm³/mol. The number of hydrogen-bond donors (Lipinski definition) is 4. The van der Waals surface area contributed by atoms with Gasteiger partial charge in [0.25, 0.3) is 0 Å². The number of carboxylic acids is 1. The number of nitrogens with one attached hydrogen (secondary N) is 1. The van der Waals surface area contributed by atoms with E-state index in [2.05, 4.69) is 4.98 Å². The lowest BCUT2D eigenvalue weighted by atomic mass is 10.0. The molecule has 1 atom stereocenters. The first-order chi connectivity index (χ1) is 9.32. The van der Waals surface area contributed by atoms with Crippen LogP contribution < -0.4 is 11.5 Å². The fourth-order valence-electron chi connectivity index (χ4n) is 2.24. The van der Waals surface area contributed by atoms with E-state index in [9.17, 15) is 14.9 Å². The smallest absolute Gasteiger partial charge is 0.320 e. The van der Waals surface area contributed by atoms with Crippen LogP contribution in [0.3, 0.4) is 0 Å². The number of aryl methyl sites for hydroxylation is 1. The summed E-state index contributed by atoms with van der Waals surface area (Å²) < 4.78 is 0. The maximum atomic E-state index is 11.2. The standard InChI is InChI=1S/C12H14N4O4/c1-5-6(4-8(14)12(17)18)10-9(15-5)3-2-7(13)11(10)16(19)20/h2-3,8,15H,4,13-14H2,1H3,(H,17,18). The van der Waals surface area contributed by atoms with Crippen molar-refractivity contribution in [3.63, 3.8) is 0 Å². The molecule has 0 fully saturated rings. The van der Waals surface area contributed by atoms with Crippen molar-refractivity contribution in [1.29, 1.82) is 0 Å². The first-order valence-electron chi connectivity index (χ1n) is 5.85. The van der Waals surface area contributed by atoms with Crippen molar-refractivity contribution in [3.8, 4) is 0 Å². The lowest BCUT2D eigenvalue weighted by Gasteiger charge is -2.07. The Morgan fingerprint density at radius 3 is 2.75 bits per heavy atom. The molecule has 2 rings (SSSR count). The minimum absolute atomic E-state index is 0.00847. The van der Waals surface area contributed by atoms with Crippen LogP contribution in [0.4, 0.5) is 11.4 Å². The largest absolute Gasteiger partial charge is 0.480 e. The van der Waals surface area contributed by atoms with Crippen LogP contribution in [0, 0.1) is 17.0 Å². The third kappa shape index (κ3) is 2.16. The summed E-state index contributed by atoms with van der Waals surface area (Å²) in [6, 6.07) is 1.94. The van der Waals surface area contributed by atoms with Gasteiger partial charge in [0.15, 0.2) is 0 Å². The van der Waals surface area contributed by atoms with Gasteiger partial charge in [0, 0.05) is 12.1 Å². The number of carboxylic acid groups (broad SMARTS) is 1. The highest BCUT2D eigenvalue weighted by Crippen LogP contribution is 2.35. The Bertz CT molecular complexity index is 707. The van der Waals surface area contributed by atoms with Gasteiger partial charge in [0.05, 0.1) is 15.8 Å². The number of aromatic amines is 1. The second kappa shape index (κ2) is 4.82. The number of nitrogens with zero attached hydrogens (tertiary/aromatic N) is 1. The van der Waals surface area contributed by atoms with Gasteiger partial charge < -0.3 is 21.6 Å². The molecule has 8 heteroatoms. The fraction of sp³-hybridized carbons (Fsp3) is 0.250. The Labute approximate surface area is 113 Å². The number of carbonyl (C=O) groups is 1. The quantitative estimate of drug-likeness (QED) is 0.371. The van der Waals surface area contributed by atoms with Crippen LogP contribution in [-0.2, 0) is 11.2 Å². The average molecular weight is 278 g/mol. The number of nitro groups is 1. The number of nitrogens with two attached hydrogens (primary N) is 2. The molecular formula is C12H14N4O4. The van der Waals surface area contributed by atoms with Gasteiger partial charge in [0.1, 0.15) is 11.7 Å². The topological polar surface area (TPSA) is 148 Å². The maximum absolute atomic E-state index is 11.2. The van der Waals surface area contributed by atoms with Crippen LogP contribution in [0.1, 0.15) is 11.3 Å². The highest BCUT2D eigenvalue weighted by Gasteiger charge is 2.25. The number of H-pyrrole nitrogens is 1. The summed E-state index contributed by atoms with van der Waals surface area (Å²) >= 11 is 0. The van der Waals surface area contributed by atoms with E-state index in [0.717, 1.165) is 0 Å². The minimum atomic E-state index is -1.16. The second-order valence-electron chi connectivity index (χ2n) is 4.56. The lowest BCUT2D eigenvalue weighted by molar-refractivity contribution is -0.382. The summed E-state index contributed by atoms with van der Waals surface area (Å²) in [6.45, 7) is 1.71. The average Bonchev–Trinajstić information content (AvgIpc) is 2.65. The zero-order valence-electron chi connectivity index (χ0n) is 10.7. The Morgan fingerprint density at radius 2 is 2.20 bits per heavy atom. The van der Waals surface area contributed by atoms with Crippen LogP contribution in [0.15, 0.2) is 12.1 Å². The normalized spacial score (nSPS) is 12.5. The van der Waals surface area contributed by atoms with Crippen molar-refractivity contribution in [2.24, 2.45) is 5.73 Å². The van der Waals surface area contributed by atoms with Gasteiger partial charge >= 0.3 is 11.7 Å². The van der Waals surface area contributed by atoms with Gasteiger partial charge in [-0.05, 0) is 24.6 Å². The molecule has 1 heterocycles. The van der Waals surface area contributed by atoms with Crippen LogP contribution in [0.25, 0.3) is 10.9 Å². The Kier molecular flexibility index (Phi) is 3.33. The van der Waals surface area contributed by atoms with E-state index < -0.39 is 16.9 Å². The highest BCUT2D eigenvalue weighted by atomic mass is 16.6. The van der Waals surface area contributed by atoms with Crippen LogP contribution in [-0.4, -0.2) is 27.0 Å². The zero-order valence-corrected chi connectivity index (χ0v) is 10.7. The number of aromatic nitrogens is 1. The molecule has 0 radical (unpaired) electrons. The molecular weight excluding hydrogens is 264 g/mol. The first-order valence-corrected chi connectivity index (χ1v) is 5.85. The van der Waals surface area contributed by atoms with Crippen molar-refractivity contribution >= 4 is 28.2 Å². The molecule has 106 valence electrons. The number of nitrogen functional groups attached to an aromatic ring is 1. The van der Waals surface area contributed by atoms with E-state index in [0.29, 0.717) is 22.2 Å². The van der Waals surface area contributed by atoms with Crippen molar-refractivity contribution in [3.05, 3.63) is 33.5 Å². The van der Waals surface area contributed by atoms with Gasteiger partial charge in [-0.15, -0.1) is 0 Å². The molecule has 1 unspecified atom stereocenters. The zero-order chi connectivity index (χ0) is 15.0. The Balaban J connectivity index is 2.70. The predicted octanol–water partition coefficient (Wildman–Crippen LogP) is 0.921. The van der Waals surface area contributed by atoms with E-state index in [1.165, 1.54) is 6.07 Å². The maximum Gasteiger partial charge on any atom is 0.320 e. The second-order valence-corrected chi connectivity index (χ2v) is 4.56. The molecule has 0 aliphatic carbocycles. The Hall–Kier alpha value is -2.61. The molecule has 8 nitrogen and oxygen atoms in total. The third-order valence-electron chi connectivity index (χ3n) is 3.21. The molecule has 0 saturated carbocycles. The lowest BCUT2D eigenvalue weighted by Crippen LogP contribution is -2.32. The molecule has 1 aromatic heterocycles. The van der Waals surface area contributed by atoms with Crippen molar-refractivity contribution in [2.75, 3.05) is 5.73 Å². The highest BCUT2D eigenvalue weighted by molar-refractivity contribution is 5.98. The van der Waals surface area contributed by atoms with E-state index in [4.69, 9.17) is 16.6 Å². The fourth-order valence-corrected chi connectivity index (χ4v) is 2.24. The van der Waals surface area contributed by atoms with E-state index in [-0.39, 0.29) is 17.8 Å². The summed E-state index contributed by atoms with van der Waals surface area (Å²) in [5.41, 5.74) is 12.7. The molecule has 0 spiro atoms. The monoisotopic (exact) mass is 278 g/mol. The van der Waals surface area contributed by atoms with Gasteiger partial charge in [-0.2, -0.15) is 0 Å². The van der Waals surface area contributed by atoms with E-state index >= 15 is 0 Å². The van der Waals surface area contributed by atoms with Crippen LogP contribution in [0.2, 0.25) is 0 Å². The molecule has 20 heavy (non-hydrogen) atoms. The van der Waals surface area contributed by atoms with Crippen molar-refractivity contribution in [1.82, 2.24) is 4.98 Å². The summed E-state index contributed by atoms with van der Waals surface area (Å²) in [7, 11) is 0. The molecule has 2 aromatic rings. The van der Waals surface area contributed by atoms with Gasteiger partial charge in [-0.25, -0.2) is 0 Å². The third-order valence-corrected chi connectivity index (χ3v) is 3.21. The molecule has 0 bridgehead atoms. The van der Waals surface area contributed by atoms with Gasteiger partial charge in [-0.3, -0.25) is 14.9 Å². The number of aliphatic carboxylic acids is 1. The first kappa shape index (κ1) is 13.8. The number of hydrogen-bond acceptors (Lipinski definition) is 5. The summed E-state index contributed by atoms with van der Waals surface area (Å²) in [5.74, 6) is -1.16. The molecule has 0 saturated heterocycles. The number of fused-ring (bicyclic) bond motifs is 1. The van der Waals surface area contributed by atoms with Crippen molar-refractivity contribution in [2.45, 2.75) is 19.4 Å². The van der Waals surface area contributed by atoms with Crippen LogP contribution >= 0.6 is 0 Å². The van der Waals surface area contributed by atoms with Gasteiger partial charge in [-0.1, -0.05) is 0 Å². The molecule has 1 aromatic carbocycles. The molecule has 0 aliphatic heterocycles. The van der Waals surface area contributed by atoms with Crippen LogP contribution in [0.5, 0.6) is 0 Å².